The van der Waals surface area contributed by atoms with Gasteiger partial charge in [0.05, 0.1) is 23.1 Å². The quantitative estimate of drug-likeness (QED) is 0.457. The van der Waals surface area contributed by atoms with Crippen LogP contribution >= 0.6 is 11.6 Å². The summed E-state index contributed by atoms with van der Waals surface area (Å²) in [7, 11) is 2.06. The van der Waals surface area contributed by atoms with E-state index in [0.717, 1.165) is 33.1 Å². The molecule has 4 aromatic rings. The molecule has 0 aliphatic carbocycles. The Balaban J connectivity index is 2.03. The fraction of sp³-hybridized carbons (Fsp3) is 0.261. The van der Waals surface area contributed by atoms with Crippen molar-refractivity contribution in [2.75, 3.05) is 0 Å². The minimum atomic E-state index is -0.0797. The number of hydrogen-bond acceptors (Lipinski definition) is 1. The molecule has 0 radical (unpaired) electrons. The third-order valence-corrected chi connectivity index (χ3v) is 5.95. The molecule has 0 N–H and O–H groups in total. The van der Waals surface area contributed by atoms with Gasteiger partial charge in [0.1, 0.15) is 0 Å². The number of benzene rings is 2. The van der Waals surface area contributed by atoms with Crippen LogP contribution in [0.2, 0.25) is 5.02 Å². The molecule has 5 heteroatoms. The van der Waals surface area contributed by atoms with Crippen LogP contribution in [0.5, 0.6) is 0 Å². The summed E-state index contributed by atoms with van der Waals surface area (Å²) in [6, 6.07) is 10.0. The number of hydrogen-bond donors (Lipinski definition) is 0. The van der Waals surface area contributed by atoms with E-state index in [1.807, 2.05) is 48.7 Å². The summed E-state index contributed by atoms with van der Waals surface area (Å²) in [5, 5.41) is 1.82. The van der Waals surface area contributed by atoms with Gasteiger partial charge in [-0.15, -0.1) is 0 Å². The monoisotopic (exact) mass is 393 g/mol. The zero-order chi connectivity index (χ0) is 20.3. The summed E-state index contributed by atoms with van der Waals surface area (Å²) in [5.74, 6) is 0. The number of rotatable bonds is 3. The van der Waals surface area contributed by atoms with Crippen molar-refractivity contribution < 1.29 is 0 Å². The van der Waals surface area contributed by atoms with Gasteiger partial charge in [0.15, 0.2) is 0 Å². The zero-order valence-electron chi connectivity index (χ0n) is 16.9. The van der Waals surface area contributed by atoms with E-state index in [1.54, 1.807) is 4.57 Å². The van der Waals surface area contributed by atoms with E-state index >= 15 is 0 Å². The number of fused-ring (bicyclic) bond motifs is 2. The fourth-order valence-electron chi connectivity index (χ4n) is 4.13. The lowest BCUT2D eigenvalue weighted by Crippen LogP contribution is -2.23. The van der Waals surface area contributed by atoms with Crippen LogP contribution in [0.1, 0.15) is 29.3 Å². The van der Waals surface area contributed by atoms with Gasteiger partial charge in [-0.05, 0) is 68.7 Å². The number of aryl methyl sites for hydroxylation is 3. The first-order valence-corrected chi connectivity index (χ1v) is 9.70. The zero-order valence-corrected chi connectivity index (χ0v) is 17.7. The smallest absolute Gasteiger partial charge is 0.333 e. The molecule has 2 aromatic carbocycles. The lowest BCUT2D eigenvalue weighted by molar-refractivity contribution is 0.764. The van der Waals surface area contributed by atoms with E-state index in [2.05, 4.69) is 32.0 Å². The minimum Gasteiger partial charge on any atom is -0.347 e. The van der Waals surface area contributed by atoms with Crippen LogP contribution in [-0.4, -0.2) is 13.7 Å². The van der Waals surface area contributed by atoms with Crippen LogP contribution < -0.4 is 5.69 Å². The van der Waals surface area contributed by atoms with Crippen molar-refractivity contribution in [3.63, 3.8) is 0 Å². The molecule has 0 saturated heterocycles. The molecule has 0 aliphatic heterocycles. The molecular weight excluding hydrogens is 370 g/mol. The normalized spacial score (nSPS) is 11.6. The number of halogens is 1. The largest absolute Gasteiger partial charge is 0.347 e. The van der Waals surface area contributed by atoms with Crippen molar-refractivity contribution >= 4 is 39.2 Å². The van der Waals surface area contributed by atoms with Crippen LogP contribution in [-0.2, 0) is 13.6 Å². The summed E-state index contributed by atoms with van der Waals surface area (Å²) in [5.41, 5.74) is 8.09. The predicted molar refractivity (Wildman–Crippen MR) is 118 cm³/mol. The summed E-state index contributed by atoms with van der Waals surface area (Å²) in [6.45, 7) is 12.6. The first kappa shape index (κ1) is 18.6. The second-order valence-corrected chi connectivity index (χ2v) is 8.10. The van der Waals surface area contributed by atoms with E-state index in [-0.39, 0.29) is 5.69 Å². The highest BCUT2D eigenvalue weighted by molar-refractivity contribution is 6.31. The molecule has 0 spiro atoms. The van der Waals surface area contributed by atoms with Crippen molar-refractivity contribution in [3.05, 3.63) is 74.8 Å². The van der Waals surface area contributed by atoms with Crippen LogP contribution in [0.15, 0.2) is 41.7 Å². The molecule has 0 amide bonds. The van der Waals surface area contributed by atoms with Crippen molar-refractivity contribution in [2.45, 2.75) is 34.2 Å². The number of aromatic nitrogens is 3. The van der Waals surface area contributed by atoms with Gasteiger partial charge in [0, 0.05) is 28.8 Å². The average Bonchev–Trinajstić information content (AvgIpc) is 3.01. The van der Waals surface area contributed by atoms with Gasteiger partial charge in [-0.2, -0.15) is 0 Å². The molecule has 0 aliphatic rings. The summed E-state index contributed by atoms with van der Waals surface area (Å²) >= 11 is 6.44. The van der Waals surface area contributed by atoms with Crippen molar-refractivity contribution in [1.82, 2.24) is 13.7 Å². The molecule has 4 rings (SSSR count). The van der Waals surface area contributed by atoms with E-state index in [1.165, 1.54) is 11.3 Å². The van der Waals surface area contributed by atoms with Crippen LogP contribution in [0.25, 0.3) is 27.6 Å². The van der Waals surface area contributed by atoms with Crippen LogP contribution in [0.4, 0.5) is 0 Å². The maximum atomic E-state index is 13.2. The summed E-state index contributed by atoms with van der Waals surface area (Å²) in [4.78, 5) is 13.2. The number of allylic oxidation sites excluding steroid dienone is 1. The molecular formula is C23H24ClN3O. The van der Waals surface area contributed by atoms with Gasteiger partial charge in [0.2, 0.25) is 0 Å². The Hall–Kier alpha value is -2.72. The fourth-order valence-corrected chi connectivity index (χ4v) is 4.37. The van der Waals surface area contributed by atoms with Crippen molar-refractivity contribution in [2.24, 2.45) is 7.05 Å². The Morgan fingerprint density at radius 3 is 2.50 bits per heavy atom. The molecule has 28 heavy (non-hydrogen) atoms. The van der Waals surface area contributed by atoms with Crippen LogP contribution in [0.3, 0.4) is 0 Å². The van der Waals surface area contributed by atoms with Gasteiger partial charge in [-0.1, -0.05) is 24.2 Å². The van der Waals surface area contributed by atoms with Gasteiger partial charge in [-0.3, -0.25) is 9.13 Å². The Labute approximate surface area is 169 Å². The second-order valence-electron chi connectivity index (χ2n) is 7.66. The lowest BCUT2D eigenvalue weighted by Gasteiger charge is -2.09. The first-order chi connectivity index (χ1) is 13.2. The number of nitrogens with zero attached hydrogens (tertiary/aromatic N) is 3. The van der Waals surface area contributed by atoms with Crippen molar-refractivity contribution in [3.8, 4) is 0 Å². The Kier molecular flexibility index (Phi) is 4.27. The van der Waals surface area contributed by atoms with Gasteiger partial charge in [-0.25, -0.2) is 4.79 Å². The van der Waals surface area contributed by atoms with Gasteiger partial charge in [0.25, 0.3) is 0 Å². The van der Waals surface area contributed by atoms with E-state index < -0.39 is 0 Å². The van der Waals surface area contributed by atoms with Gasteiger partial charge < -0.3 is 4.57 Å². The number of imidazole rings is 1. The maximum Gasteiger partial charge on any atom is 0.333 e. The van der Waals surface area contributed by atoms with E-state index in [0.29, 0.717) is 17.3 Å². The molecule has 0 bridgehead atoms. The maximum absolute atomic E-state index is 13.2. The lowest BCUT2D eigenvalue weighted by atomic mass is 10.1. The third kappa shape index (κ3) is 2.63. The highest BCUT2D eigenvalue weighted by Crippen LogP contribution is 2.31. The molecule has 144 valence electrons. The third-order valence-electron chi connectivity index (χ3n) is 5.73. The Morgan fingerprint density at radius 2 is 1.82 bits per heavy atom. The average molecular weight is 394 g/mol. The molecule has 0 unspecified atom stereocenters. The Morgan fingerprint density at radius 1 is 1.11 bits per heavy atom. The molecule has 0 saturated carbocycles. The van der Waals surface area contributed by atoms with Gasteiger partial charge >= 0.3 is 5.69 Å². The molecule has 4 nitrogen and oxygen atoms in total. The second kappa shape index (κ2) is 6.42. The topological polar surface area (TPSA) is 31.9 Å². The molecule has 0 fully saturated rings. The molecule has 2 aromatic heterocycles. The Bertz CT molecular complexity index is 1330. The first-order valence-electron chi connectivity index (χ1n) is 9.32. The van der Waals surface area contributed by atoms with E-state index in [4.69, 9.17) is 11.6 Å². The summed E-state index contributed by atoms with van der Waals surface area (Å²) in [6.07, 6.45) is 0. The SMILES string of the molecule is C=C(C)n1c(=O)n(Cc2cc(Cl)cc3c(C)c(C)n(C)c23)c2ccc(C)cc21. The van der Waals surface area contributed by atoms with E-state index in [9.17, 15) is 4.79 Å². The minimum absolute atomic E-state index is 0.0797. The molecule has 0 atom stereocenters. The van der Waals surface area contributed by atoms with Crippen LogP contribution in [0, 0.1) is 20.8 Å². The summed E-state index contributed by atoms with van der Waals surface area (Å²) < 4.78 is 5.68. The van der Waals surface area contributed by atoms with Crippen molar-refractivity contribution in [1.29, 1.82) is 0 Å². The predicted octanol–water partition coefficient (Wildman–Crippen LogP) is 5.41. The highest BCUT2D eigenvalue weighted by Gasteiger charge is 2.18. The highest BCUT2D eigenvalue weighted by atomic mass is 35.5. The standard InChI is InChI=1S/C23H24ClN3O/c1-13(2)27-21-9-14(3)7-8-20(21)26(23(27)28)12-17-10-18(24)11-19-15(4)16(5)25(6)22(17)19/h7-11H,1,12H2,2-6H3. The molecule has 2 heterocycles.